The number of hydrogen-bond acceptors (Lipinski definition) is 3. The number of nitriles is 1. The smallest absolute Gasteiger partial charge is 0.387 e. The van der Waals surface area contributed by atoms with Crippen LogP contribution in [0.15, 0.2) is 48.5 Å². The van der Waals surface area contributed by atoms with Crippen LogP contribution in [0.3, 0.4) is 0 Å². The van der Waals surface area contributed by atoms with Gasteiger partial charge >= 0.3 is 6.61 Å². The molecule has 0 amide bonds. The minimum absolute atomic E-state index is 0.0704. The number of nitrogens with zero attached hydrogens (tertiary/aromatic N) is 1. The van der Waals surface area contributed by atoms with Gasteiger partial charge in [0.2, 0.25) is 0 Å². The van der Waals surface area contributed by atoms with Crippen molar-refractivity contribution in [1.29, 1.82) is 5.26 Å². The molecule has 5 heteroatoms. The summed E-state index contributed by atoms with van der Waals surface area (Å²) in [5.41, 5.74) is 2.59. The molecule has 21 heavy (non-hydrogen) atoms. The molecule has 0 aliphatic carbocycles. The minimum Gasteiger partial charge on any atom is -0.435 e. The van der Waals surface area contributed by atoms with E-state index in [4.69, 9.17) is 0 Å². The summed E-state index contributed by atoms with van der Waals surface area (Å²) < 4.78 is 28.4. The summed E-state index contributed by atoms with van der Waals surface area (Å²) in [6.07, 6.45) is 0. The van der Waals surface area contributed by atoms with Gasteiger partial charge < -0.3 is 10.1 Å². The van der Waals surface area contributed by atoms with E-state index in [-0.39, 0.29) is 5.75 Å². The van der Waals surface area contributed by atoms with Gasteiger partial charge in [-0.25, -0.2) is 0 Å². The lowest BCUT2D eigenvalue weighted by Crippen LogP contribution is -2.09. The van der Waals surface area contributed by atoms with Crippen LogP contribution < -0.4 is 10.1 Å². The molecule has 0 aliphatic rings. The summed E-state index contributed by atoms with van der Waals surface area (Å²) in [5.74, 6) is 0.0704. The predicted octanol–water partition coefficient (Wildman–Crippen LogP) is 4.27. The maximum Gasteiger partial charge on any atom is 0.387 e. The minimum atomic E-state index is -2.85. The Morgan fingerprint density at radius 1 is 1.14 bits per heavy atom. The van der Waals surface area contributed by atoms with Crippen LogP contribution in [0, 0.1) is 18.3 Å². The largest absolute Gasteiger partial charge is 0.435 e. The maximum atomic E-state index is 12.1. The van der Waals surface area contributed by atoms with Crippen LogP contribution >= 0.6 is 0 Å². The first-order valence-corrected chi connectivity index (χ1v) is 6.36. The van der Waals surface area contributed by atoms with Crippen molar-refractivity contribution in [3.8, 4) is 11.8 Å². The maximum absolute atomic E-state index is 12.1. The zero-order valence-electron chi connectivity index (χ0n) is 11.4. The summed E-state index contributed by atoms with van der Waals surface area (Å²) in [4.78, 5) is 0. The Kier molecular flexibility index (Phi) is 4.72. The normalized spacial score (nSPS) is 11.8. The average molecular weight is 288 g/mol. The van der Waals surface area contributed by atoms with Gasteiger partial charge in [-0.05, 0) is 42.3 Å². The van der Waals surface area contributed by atoms with Crippen LogP contribution in [0.5, 0.6) is 5.75 Å². The number of anilines is 1. The molecule has 0 spiro atoms. The molecular formula is C16H14F2N2O. The lowest BCUT2D eigenvalue weighted by molar-refractivity contribution is -0.0498. The molecule has 0 aliphatic heterocycles. The molecule has 3 nitrogen and oxygen atoms in total. The van der Waals surface area contributed by atoms with E-state index in [2.05, 4.69) is 16.1 Å². The van der Waals surface area contributed by atoms with Crippen molar-refractivity contribution in [1.82, 2.24) is 0 Å². The van der Waals surface area contributed by atoms with Gasteiger partial charge in [-0.15, -0.1) is 0 Å². The highest BCUT2D eigenvalue weighted by atomic mass is 19.3. The van der Waals surface area contributed by atoms with E-state index >= 15 is 0 Å². The van der Waals surface area contributed by atoms with E-state index in [0.29, 0.717) is 5.56 Å². The van der Waals surface area contributed by atoms with Crippen LogP contribution in [-0.2, 0) is 0 Å². The molecule has 1 N–H and O–H groups in total. The zero-order chi connectivity index (χ0) is 15.2. The topological polar surface area (TPSA) is 45.0 Å². The third-order valence-corrected chi connectivity index (χ3v) is 2.90. The fraction of sp³-hybridized carbons (Fsp3) is 0.188. The number of benzene rings is 2. The standard InChI is InChI=1S/C16H14F2N2O/c1-11-3-2-4-13(9-11)20-15(10-19)12-5-7-14(8-6-12)21-16(17)18/h2-9,15-16,20H,1H3. The van der Waals surface area contributed by atoms with Gasteiger partial charge in [0.25, 0.3) is 0 Å². The van der Waals surface area contributed by atoms with Crippen molar-refractivity contribution in [3.63, 3.8) is 0 Å². The van der Waals surface area contributed by atoms with Gasteiger partial charge in [-0.2, -0.15) is 14.0 Å². The summed E-state index contributed by atoms with van der Waals surface area (Å²) in [6.45, 7) is -0.892. The van der Waals surface area contributed by atoms with Gasteiger partial charge in [-0.3, -0.25) is 0 Å². The monoisotopic (exact) mass is 288 g/mol. The van der Waals surface area contributed by atoms with Gasteiger partial charge in [0.15, 0.2) is 0 Å². The molecule has 0 fully saturated rings. The molecule has 2 rings (SSSR count). The second-order valence-electron chi connectivity index (χ2n) is 4.52. The molecule has 1 atom stereocenters. The fourth-order valence-electron chi connectivity index (χ4n) is 1.93. The number of rotatable bonds is 5. The zero-order valence-corrected chi connectivity index (χ0v) is 11.4. The fourth-order valence-corrected chi connectivity index (χ4v) is 1.93. The number of nitrogens with one attached hydrogen (secondary N) is 1. The van der Waals surface area contributed by atoms with Crippen molar-refractivity contribution in [2.24, 2.45) is 0 Å². The molecule has 108 valence electrons. The molecule has 2 aromatic rings. The number of aryl methyl sites for hydroxylation is 1. The predicted molar refractivity (Wildman–Crippen MR) is 76.2 cm³/mol. The quantitative estimate of drug-likeness (QED) is 0.893. The van der Waals surface area contributed by atoms with Crippen molar-refractivity contribution in [2.45, 2.75) is 19.6 Å². The van der Waals surface area contributed by atoms with Crippen molar-refractivity contribution in [2.75, 3.05) is 5.32 Å². The number of alkyl halides is 2. The Labute approximate surface area is 121 Å². The highest BCUT2D eigenvalue weighted by Crippen LogP contribution is 2.22. The summed E-state index contributed by atoms with van der Waals surface area (Å²) in [6, 6.07) is 15.3. The Hall–Kier alpha value is -2.61. The first-order chi connectivity index (χ1) is 10.1. The second kappa shape index (κ2) is 6.71. The molecule has 0 heterocycles. The SMILES string of the molecule is Cc1cccc(NC(C#N)c2ccc(OC(F)F)cc2)c1. The first-order valence-electron chi connectivity index (χ1n) is 6.36. The highest BCUT2D eigenvalue weighted by molar-refractivity contribution is 5.49. The second-order valence-corrected chi connectivity index (χ2v) is 4.52. The Morgan fingerprint density at radius 3 is 2.43 bits per heavy atom. The van der Waals surface area contributed by atoms with Crippen LogP contribution in [0.4, 0.5) is 14.5 Å². The summed E-state index contributed by atoms with van der Waals surface area (Å²) in [5, 5.41) is 12.4. The van der Waals surface area contributed by atoms with Gasteiger partial charge in [0, 0.05) is 5.69 Å². The highest BCUT2D eigenvalue weighted by Gasteiger charge is 2.11. The third-order valence-electron chi connectivity index (χ3n) is 2.90. The lowest BCUT2D eigenvalue weighted by atomic mass is 10.1. The van der Waals surface area contributed by atoms with E-state index in [9.17, 15) is 14.0 Å². The Bertz CT molecular complexity index is 635. The van der Waals surface area contributed by atoms with Gasteiger partial charge in [0.1, 0.15) is 11.8 Å². The Morgan fingerprint density at radius 2 is 1.86 bits per heavy atom. The van der Waals surface area contributed by atoms with E-state index < -0.39 is 12.7 Å². The number of hydrogen-bond donors (Lipinski definition) is 1. The van der Waals surface area contributed by atoms with Crippen LogP contribution in [-0.4, -0.2) is 6.61 Å². The lowest BCUT2D eigenvalue weighted by Gasteiger charge is -2.14. The van der Waals surface area contributed by atoms with Crippen LogP contribution in [0.2, 0.25) is 0 Å². The molecule has 2 aromatic carbocycles. The van der Waals surface area contributed by atoms with Crippen LogP contribution in [0.1, 0.15) is 17.2 Å². The molecule has 1 unspecified atom stereocenters. The van der Waals surface area contributed by atoms with Gasteiger partial charge in [-0.1, -0.05) is 24.3 Å². The van der Waals surface area contributed by atoms with Crippen LogP contribution in [0.25, 0.3) is 0 Å². The molecule has 0 saturated carbocycles. The molecule has 0 radical (unpaired) electrons. The van der Waals surface area contributed by atoms with E-state index in [1.54, 1.807) is 12.1 Å². The number of ether oxygens (including phenoxy) is 1. The van der Waals surface area contributed by atoms with E-state index in [1.165, 1.54) is 12.1 Å². The van der Waals surface area contributed by atoms with E-state index in [1.807, 2.05) is 31.2 Å². The average Bonchev–Trinajstić information content (AvgIpc) is 2.45. The van der Waals surface area contributed by atoms with Gasteiger partial charge in [0.05, 0.1) is 6.07 Å². The molecular weight excluding hydrogens is 274 g/mol. The third kappa shape index (κ3) is 4.18. The Balaban J connectivity index is 2.12. The molecule has 0 bridgehead atoms. The summed E-state index contributed by atoms with van der Waals surface area (Å²) in [7, 11) is 0. The summed E-state index contributed by atoms with van der Waals surface area (Å²) >= 11 is 0. The number of halogens is 2. The van der Waals surface area contributed by atoms with Crippen molar-refractivity contribution in [3.05, 3.63) is 59.7 Å². The van der Waals surface area contributed by atoms with Crippen molar-refractivity contribution < 1.29 is 13.5 Å². The van der Waals surface area contributed by atoms with E-state index in [0.717, 1.165) is 11.3 Å². The first kappa shape index (κ1) is 14.8. The molecule has 0 saturated heterocycles. The molecule has 0 aromatic heterocycles. The van der Waals surface area contributed by atoms with Crippen molar-refractivity contribution >= 4 is 5.69 Å².